The van der Waals surface area contributed by atoms with Crippen molar-refractivity contribution in [3.8, 4) is 17.1 Å². The zero-order chi connectivity index (χ0) is 23.7. The topological polar surface area (TPSA) is 63.4 Å². The molecule has 8 heteroatoms. The summed E-state index contributed by atoms with van der Waals surface area (Å²) in [4.78, 5) is 6.66. The third kappa shape index (κ3) is 4.04. The lowest BCUT2D eigenvalue weighted by Crippen LogP contribution is -2.46. The van der Waals surface area contributed by atoms with Crippen LogP contribution < -0.4 is 15.0 Å². The first kappa shape index (κ1) is 22.1. The van der Waals surface area contributed by atoms with Gasteiger partial charge in [-0.25, -0.2) is 0 Å². The van der Waals surface area contributed by atoms with Gasteiger partial charge in [-0.3, -0.25) is 4.90 Å². The molecule has 1 unspecified atom stereocenters. The Labute approximate surface area is 207 Å². The number of rotatable bonds is 5. The monoisotopic (exact) mass is 488 g/mol. The Bertz CT molecular complexity index is 1370. The molecule has 34 heavy (non-hydrogen) atoms. The highest BCUT2D eigenvalue weighted by Gasteiger charge is 2.35. The van der Waals surface area contributed by atoms with Crippen molar-refractivity contribution in [3.05, 3.63) is 101 Å². The molecule has 0 aliphatic carbocycles. The molecule has 0 saturated heterocycles. The molecule has 170 valence electrons. The molecule has 1 atom stereocenters. The van der Waals surface area contributed by atoms with Crippen molar-refractivity contribution in [2.24, 2.45) is 0 Å². The number of ether oxygens (including phenoxy) is 1. The van der Waals surface area contributed by atoms with Crippen LogP contribution in [0.15, 0.2) is 89.1 Å². The third-order valence-electron chi connectivity index (χ3n) is 5.70. The van der Waals surface area contributed by atoms with E-state index in [1.165, 1.54) is 0 Å². The number of anilines is 1. The standard InChI is InChI=1S/C26H21ClN4O2S/c1-16-22(25-29-24(30-33-25)18-11-7-4-8-12-18)23(17-9-5-3-6-10-17)28-26(34)31(16)19-13-14-21(32-2)20(27)15-19/h3-15,23H,1-2H3,(H,28,34). The number of methoxy groups -OCH3 is 1. The number of allylic oxidation sites excluding steroid dienone is 1. The Hall–Kier alpha value is -3.68. The van der Waals surface area contributed by atoms with Gasteiger partial charge < -0.3 is 14.6 Å². The van der Waals surface area contributed by atoms with Crippen molar-refractivity contribution in [2.45, 2.75) is 13.0 Å². The van der Waals surface area contributed by atoms with E-state index in [4.69, 9.17) is 38.1 Å². The Morgan fingerprint density at radius 1 is 1.03 bits per heavy atom. The second kappa shape index (κ2) is 9.29. The zero-order valence-electron chi connectivity index (χ0n) is 18.5. The fourth-order valence-corrected chi connectivity index (χ4v) is 4.67. The van der Waals surface area contributed by atoms with Gasteiger partial charge in [-0.05, 0) is 42.9 Å². The maximum atomic E-state index is 6.42. The number of nitrogens with one attached hydrogen (secondary N) is 1. The lowest BCUT2D eigenvalue weighted by atomic mass is 9.94. The van der Waals surface area contributed by atoms with Gasteiger partial charge in [0.15, 0.2) is 5.11 Å². The van der Waals surface area contributed by atoms with Gasteiger partial charge >= 0.3 is 0 Å². The van der Waals surface area contributed by atoms with Gasteiger partial charge in [0.1, 0.15) is 5.75 Å². The number of nitrogens with zero attached hydrogens (tertiary/aromatic N) is 3. The van der Waals surface area contributed by atoms with Gasteiger partial charge in [-0.2, -0.15) is 4.98 Å². The summed E-state index contributed by atoms with van der Waals surface area (Å²) >= 11 is 12.2. The van der Waals surface area contributed by atoms with Crippen LogP contribution in [0.5, 0.6) is 5.75 Å². The summed E-state index contributed by atoms with van der Waals surface area (Å²) in [7, 11) is 1.58. The fourth-order valence-electron chi connectivity index (χ4n) is 4.06. The van der Waals surface area contributed by atoms with Crippen molar-refractivity contribution >= 4 is 40.2 Å². The molecular formula is C26H21ClN4O2S. The minimum absolute atomic E-state index is 0.261. The fraction of sp³-hybridized carbons (Fsp3) is 0.115. The second-order valence-electron chi connectivity index (χ2n) is 7.74. The van der Waals surface area contributed by atoms with Crippen LogP contribution in [0.1, 0.15) is 24.4 Å². The van der Waals surface area contributed by atoms with E-state index in [1.54, 1.807) is 7.11 Å². The van der Waals surface area contributed by atoms with E-state index in [1.807, 2.05) is 90.7 Å². The molecular weight excluding hydrogens is 468 g/mol. The summed E-state index contributed by atoms with van der Waals surface area (Å²) in [5.41, 5.74) is 4.41. The first-order valence-electron chi connectivity index (χ1n) is 10.7. The van der Waals surface area contributed by atoms with Crippen molar-refractivity contribution in [1.29, 1.82) is 0 Å². The van der Waals surface area contributed by atoms with Crippen LogP contribution in [-0.2, 0) is 0 Å². The SMILES string of the molecule is COc1ccc(N2C(=S)NC(c3ccccc3)C(c3nc(-c4ccccc4)no3)=C2C)cc1Cl. The zero-order valence-corrected chi connectivity index (χ0v) is 20.1. The van der Waals surface area contributed by atoms with Gasteiger partial charge in [-0.15, -0.1) is 0 Å². The molecule has 2 heterocycles. The number of aromatic nitrogens is 2. The minimum atomic E-state index is -0.261. The quantitative estimate of drug-likeness (QED) is 0.332. The molecule has 0 amide bonds. The molecule has 1 aliphatic rings. The highest BCUT2D eigenvalue weighted by Crippen LogP contribution is 2.40. The lowest BCUT2D eigenvalue weighted by Gasteiger charge is -2.37. The highest BCUT2D eigenvalue weighted by atomic mass is 35.5. The summed E-state index contributed by atoms with van der Waals surface area (Å²) in [6, 6.07) is 25.1. The smallest absolute Gasteiger partial charge is 0.258 e. The van der Waals surface area contributed by atoms with E-state index in [0.29, 0.717) is 27.6 Å². The first-order valence-corrected chi connectivity index (χ1v) is 11.4. The van der Waals surface area contributed by atoms with E-state index >= 15 is 0 Å². The molecule has 6 nitrogen and oxygen atoms in total. The highest BCUT2D eigenvalue weighted by molar-refractivity contribution is 7.80. The minimum Gasteiger partial charge on any atom is -0.495 e. The number of hydrogen-bond donors (Lipinski definition) is 1. The number of benzene rings is 3. The summed E-state index contributed by atoms with van der Waals surface area (Å²) in [5.74, 6) is 1.54. The predicted octanol–water partition coefficient (Wildman–Crippen LogP) is 6.27. The Morgan fingerprint density at radius 2 is 1.74 bits per heavy atom. The van der Waals surface area contributed by atoms with Crippen LogP contribution in [0.4, 0.5) is 5.69 Å². The third-order valence-corrected chi connectivity index (χ3v) is 6.30. The van der Waals surface area contributed by atoms with Crippen molar-refractivity contribution in [1.82, 2.24) is 15.5 Å². The van der Waals surface area contributed by atoms with E-state index in [9.17, 15) is 0 Å². The Balaban J connectivity index is 1.65. The van der Waals surface area contributed by atoms with Crippen LogP contribution in [0, 0.1) is 0 Å². The van der Waals surface area contributed by atoms with E-state index < -0.39 is 0 Å². The molecule has 0 radical (unpaired) electrons. The van der Waals surface area contributed by atoms with Crippen molar-refractivity contribution < 1.29 is 9.26 Å². The maximum Gasteiger partial charge on any atom is 0.258 e. The normalized spacial score (nSPS) is 15.9. The number of halogens is 1. The molecule has 3 aromatic carbocycles. The molecule has 5 rings (SSSR count). The number of hydrogen-bond acceptors (Lipinski definition) is 5. The summed E-state index contributed by atoms with van der Waals surface area (Å²) in [5, 5.41) is 8.73. The average molecular weight is 489 g/mol. The molecule has 1 aromatic heterocycles. The summed E-state index contributed by atoms with van der Waals surface area (Å²) in [6.45, 7) is 1.99. The molecule has 4 aromatic rings. The van der Waals surface area contributed by atoms with Crippen molar-refractivity contribution in [3.63, 3.8) is 0 Å². The van der Waals surface area contributed by atoms with Crippen LogP contribution in [-0.4, -0.2) is 22.4 Å². The average Bonchev–Trinajstić information content (AvgIpc) is 3.35. The molecule has 0 spiro atoms. The van der Waals surface area contributed by atoms with Gasteiger partial charge in [0.05, 0.1) is 23.7 Å². The van der Waals surface area contributed by atoms with E-state index in [0.717, 1.165) is 28.1 Å². The van der Waals surface area contributed by atoms with Crippen LogP contribution in [0.25, 0.3) is 17.0 Å². The molecule has 1 N–H and O–H groups in total. The van der Waals surface area contributed by atoms with Gasteiger partial charge in [0, 0.05) is 16.9 Å². The predicted molar refractivity (Wildman–Crippen MR) is 138 cm³/mol. The van der Waals surface area contributed by atoms with Gasteiger partial charge in [0.2, 0.25) is 5.82 Å². The second-order valence-corrected chi connectivity index (χ2v) is 8.53. The van der Waals surface area contributed by atoms with E-state index in [2.05, 4.69) is 10.5 Å². The first-order chi connectivity index (χ1) is 16.6. The van der Waals surface area contributed by atoms with Crippen LogP contribution >= 0.6 is 23.8 Å². The summed E-state index contributed by atoms with van der Waals surface area (Å²) < 4.78 is 11.1. The number of thiocarbonyl (C=S) groups is 1. The van der Waals surface area contributed by atoms with Gasteiger partial charge in [-0.1, -0.05) is 77.4 Å². The maximum absolute atomic E-state index is 6.42. The van der Waals surface area contributed by atoms with Crippen molar-refractivity contribution in [2.75, 3.05) is 12.0 Å². The van der Waals surface area contributed by atoms with Crippen LogP contribution in [0.2, 0.25) is 5.02 Å². The Kier molecular flexibility index (Phi) is 6.04. The summed E-state index contributed by atoms with van der Waals surface area (Å²) in [6.07, 6.45) is 0. The van der Waals surface area contributed by atoms with Gasteiger partial charge in [0.25, 0.3) is 5.89 Å². The van der Waals surface area contributed by atoms with Crippen LogP contribution in [0.3, 0.4) is 0 Å². The lowest BCUT2D eigenvalue weighted by molar-refractivity contribution is 0.404. The van der Waals surface area contributed by atoms with E-state index in [-0.39, 0.29) is 6.04 Å². The molecule has 0 fully saturated rings. The largest absolute Gasteiger partial charge is 0.495 e. The molecule has 0 saturated carbocycles. The molecule has 0 bridgehead atoms. The Morgan fingerprint density at radius 3 is 2.41 bits per heavy atom. The molecule has 1 aliphatic heterocycles.